The molecule has 106 valence electrons. The van der Waals surface area contributed by atoms with Gasteiger partial charge in [-0.05, 0) is 30.7 Å². The van der Waals surface area contributed by atoms with Crippen molar-refractivity contribution in [1.29, 1.82) is 0 Å². The largest absolute Gasteiger partial charge is 0.477 e. The van der Waals surface area contributed by atoms with Crippen LogP contribution in [0.25, 0.3) is 0 Å². The Kier molecular flexibility index (Phi) is 5.27. The predicted molar refractivity (Wildman–Crippen MR) is 75.4 cm³/mol. The second-order valence-electron chi connectivity index (χ2n) is 5.56. The third kappa shape index (κ3) is 4.50. The highest BCUT2D eigenvalue weighted by molar-refractivity contribution is 5.85. The molecule has 0 saturated heterocycles. The molecule has 0 bridgehead atoms. The first-order chi connectivity index (χ1) is 8.81. The molecule has 0 fully saturated rings. The average Bonchev–Trinajstić information content (AvgIpc) is 2.27. The number of nitrogens with zero attached hydrogens (tertiary/aromatic N) is 2. The van der Waals surface area contributed by atoms with Crippen LogP contribution in [0, 0.1) is 24.7 Å². The Morgan fingerprint density at radius 1 is 1.26 bits per heavy atom. The summed E-state index contributed by atoms with van der Waals surface area (Å²) in [7, 11) is 0. The Morgan fingerprint density at radius 2 is 1.84 bits per heavy atom. The molecule has 2 N–H and O–H groups in total. The molecule has 0 amide bonds. The fourth-order valence-corrected chi connectivity index (χ4v) is 2.21. The summed E-state index contributed by atoms with van der Waals surface area (Å²) < 4.78 is 0. The summed E-state index contributed by atoms with van der Waals surface area (Å²) in [5.74, 6) is 0.964. The van der Waals surface area contributed by atoms with Gasteiger partial charge in [0.1, 0.15) is 0 Å². The topological polar surface area (TPSA) is 75.1 Å². The van der Waals surface area contributed by atoms with Crippen LogP contribution in [0.15, 0.2) is 6.07 Å². The van der Waals surface area contributed by atoms with E-state index < -0.39 is 5.97 Å². The van der Waals surface area contributed by atoms with E-state index in [1.54, 1.807) is 6.92 Å². The van der Waals surface area contributed by atoms with E-state index in [-0.39, 0.29) is 5.69 Å². The second kappa shape index (κ2) is 6.50. The fourth-order valence-electron chi connectivity index (χ4n) is 2.21. The van der Waals surface area contributed by atoms with Crippen molar-refractivity contribution >= 4 is 11.9 Å². The summed E-state index contributed by atoms with van der Waals surface area (Å²) in [6, 6.07) is 1.47. The predicted octanol–water partition coefficient (Wildman–Crippen LogP) is 2.82. The number of carboxylic acids is 1. The van der Waals surface area contributed by atoms with Gasteiger partial charge in [-0.2, -0.15) is 0 Å². The molecule has 0 atom stereocenters. The van der Waals surface area contributed by atoms with Gasteiger partial charge in [0, 0.05) is 12.2 Å². The van der Waals surface area contributed by atoms with Crippen molar-refractivity contribution in [3.8, 4) is 0 Å². The molecule has 0 aliphatic rings. The molecular formula is C14H23N3O2. The highest BCUT2D eigenvalue weighted by Crippen LogP contribution is 2.20. The monoisotopic (exact) mass is 265 g/mol. The lowest BCUT2D eigenvalue weighted by molar-refractivity contribution is 0.0690. The highest BCUT2D eigenvalue weighted by atomic mass is 16.4. The molecule has 0 saturated carbocycles. The van der Waals surface area contributed by atoms with E-state index in [0.717, 1.165) is 6.54 Å². The fraction of sp³-hybridized carbons (Fsp3) is 0.643. The zero-order valence-corrected chi connectivity index (χ0v) is 12.3. The lowest BCUT2D eigenvalue weighted by Gasteiger charge is -2.25. The van der Waals surface area contributed by atoms with Gasteiger partial charge in [0.15, 0.2) is 5.69 Å². The van der Waals surface area contributed by atoms with Crippen molar-refractivity contribution in [2.75, 3.05) is 11.9 Å². The van der Waals surface area contributed by atoms with Crippen molar-refractivity contribution in [2.45, 2.75) is 34.6 Å². The average molecular weight is 265 g/mol. The summed E-state index contributed by atoms with van der Waals surface area (Å²) in [5, 5.41) is 12.1. The van der Waals surface area contributed by atoms with Crippen LogP contribution >= 0.6 is 0 Å². The Hall–Kier alpha value is -1.65. The first-order valence-corrected chi connectivity index (χ1v) is 6.64. The number of aromatic carboxylic acids is 1. The van der Waals surface area contributed by atoms with Gasteiger partial charge in [-0.1, -0.05) is 27.7 Å². The first kappa shape index (κ1) is 15.4. The molecule has 0 unspecified atom stereocenters. The van der Waals surface area contributed by atoms with Crippen molar-refractivity contribution in [3.63, 3.8) is 0 Å². The maximum Gasteiger partial charge on any atom is 0.354 e. The summed E-state index contributed by atoms with van der Waals surface area (Å²) in [4.78, 5) is 19.2. The third-order valence-electron chi connectivity index (χ3n) is 3.28. The third-order valence-corrected chi connectivity index (χ3v) is 3.28. The molecule has 1 aromatic heterocycles. The van der Waals surface area contributed by atoms with Gasteiger partial charge < -0.3 is 10.4 Å². The van der Waals surface area contributed by atoms with Gasteiger partial charge in [-0.3, -0.25) is 0 Å². The Balaban J connectivity index is 2.79. The maximum absolute atomic E-state index is 10.9. The van der Waals surface area contributed by atoms with Crippen molar-refractivity contribution in [3.05, 3.63) is 17.5 Å². The van der Waals surface area contributed by atoms with Crippen LogP contribution in [0.5, 0.6) is 0 Å². The molecule has 1 aromatic rings. The summed E-state index contributed by atoms with van der Waals surface area (Å²) in [6.45, 7) is 11.3. The molecule has 19 heavy (non-hydrogen) atoms. The highest BCUT2D eigenvalue weighted by Gasteiger charge is 2.18. The van der Waals surface area contributed by atoms with Crippen LogP contribution in [-0.2, 0) is 0 Å². The number of anilines is 1. The van der Waals surface area contributed by atoms with E-state index >= 15 is 0 Å². The standard InChI is InChI=1S/C14H23N3O2/c1-8(2)11(9(3)4)7-15-14-16-10(5)6-12(17-14)13(18)19/h6,8-9,11H,7H2,1-5H3,(H,18,19)(H,15,16,17). The minimum atomic E-state index is -1.03. The number of carbonyl (C=O) groups is 1. The van der Waals surface area contributed by atoms with E-state index in [2.05, 4.69) is 43.0 Å². The van der Waals surface area contributed by atoms with Gasteiger partial charge in [0.25, 0.3) is 0 Å². The van der Waals surface area contributed by atoms with Crippen LogP contribution in [0.2, 0.25) is 0 Å². The van der Waals surface area contributed by atoms with E-state index in [1.165, 1.54) is 6.07 Å². The molecule has 0 aromatic carbocycles. The number of rotatable bonds is 6. The van der Waals surface area contributed by atoms with Gasteiger partial charge in [0.2, 0.25) is 5.95 Å². The van der Waals surface area contributed by atoms with Crippen LogP contribution in [0.4, 0.5) is 5.95 Å². The van der Waals surface area contributed by atoms with Crippen molar-refractivity contribution in [1.82, 2.24) is 9.97 Å². The number of carboxylic acid groups (broad SMARTS) is 1. The number of nitrogens with one attached hydrogen (secondary N) is 1. The Bertz CT molecular complexity index is 436. The number of hydrogen-bond acceptors (Lipinski definition) is 4. The number of aromatic nitrogens is 2. The molecule has 5 nitrogen and oxygen atoms in total. The second-order valence-corrected chi connectivity index (χ2v) is 5.56. The summed E-state index contributed by atoms with van der Waals surface area (Å²) in [6.07, 6.45) is 0. The van der Waals surface area contributed by atoms with Crippen LogP contribution in [0.1, 0.15) is 43.9 Å². The maximum atomic E-state index is 10.9. The van der Waals surface area contributed by atoms with Crippen LogP contribution in [-0.4, -0.2) is 27.6 Å². The summed E-state index contributed by atoms with van der Waals surface area (Å²) in [5.41, 5.74) is 0.682. The Morgan fingerprint density at radius 3 is 2.32 bits per heavy atom. The minimum absolute atomic E-state index is 0.0284. The lowest BCUT2D eigenvalue weighted by atomic mass is 9.85. The molecule has 1 heterocycles. The number of aryl methyl sites for hydroxylation is 1. The SMILES string of the molecule is Cc1cc(C(=O)O)nc(NCC(C(C)C)C(C)C)n1. The Labute approximate surface area is 114 Å². The molecule has 5 heteroatoms. The molecule has 0 aliphatic carbocycles. The lowest BCUT2D eigenvalue weighted by Crippen LogP contribution is -2.25. The number of hydrogen-bond donors (Lipinski definition) is 2. The van der Waals surface area contributed by atoms with Gasteiger partial charge >= 0.3 is 5.97 Å². The van der Waals surface area contributed by atoms with Crippen molar-refractivity contribution in [2.24, 2.45) is 17.8 Å². The van der Waals surface area contributed by atoms with Crippen LogP contribution < -0.4 is 5.32 Å². The van der Waals surface area contributed by atoms with E-state index in [0.29, 0.717) is 29.4 Å². The summed E-state index contributed by atoms with van der Waals surface area (Å²) >= 11 is 0. The van der Waals surface area contributed by atoms with Gasteiger partial charge in [-0.25, -0.2) is 14.8 Å². The smallest absolute Gasteiger partial charge is 0.354 e. The molecule has 0 radical (unpaired) electrons. The molecule has 0 spiro atoms. The zero-order valence-electron chi connectivity index (χ0n) is 12.3. The minimum Gasteiger partial charge on any atom is -0.477 e. The van der Waals surface area contributed by atoms with E-state index in [9.17, 15) is 4.79 Å². The molecule has 1 rings (SSSR count). The van der Waals surface area contributed by atoms with Crippen molar-refractivity contribution < 1.29 is 9.90 Å². The van der Waals surface area contributed by atoms with Crippen LogP contribution in [0.3, 0.4) is 0 Å². The van der Waals surface area contributed by atoms with E-state index in [4.69, 9.17) is 5.11 Å². The quantitative estimate of drug-likeness (QED) is 0.827. The molecular weight excluding hydrogens is 242 g/mol. The zero-order chi connectivity index (χ0) is 14.6. The van der Waals surface area contributed by atoms with Gasteiger partial charge in [0.05, 0.1) is 0 Å². The molecule has 0 aliphatic heterocycles. The van der Waals surface area contributed by atoms with Gasteiger partial charge in [-0.15, -0.1) is 0 Å². The first-order valence-electron chi connectivity index (χ1n) is 6.64. The normalized spacial score (nSPS) is 11.4. The van der Waals surface area contributed by atoms with E-state index in [1.807, 2.05) is 0 Å².